The molecule has 0 unspecified atom stereocenters. The monoisotopic (exact) mass is 347 g/mol. The fourth-order valence-corrected chi connectivity index (χ4v) is 3.69. The molecule has 1 fully saturated rings. The van der Waals surface area contributed by atoms with Gasteiger partial charge in [-0.3, -0.25) is 0 Å². The average molecular weight is 347 g/mol. The molecule has 0 radical (unpaired) electrons. The van der Waals surface area contributed by atoms with Gasteiger partial charge in [0.25, 0.3) is 0 Å². The third-order valence-electron chi connectivity index (χ3n) is 5.23. The molecule has 3 N–H and O–H groups in total. The summed E-state index contributed by atoms with van der Waals surface area (Å²) < 4.78 is 5.27. The largest absolute Gasteiger partial charge is 0.497 e. The van der Waals surface area contributed by atoms with E-state index in [4.69, 9.17) is 15.5 Å². The third-order valence-corrected chi connectivity index (χ3v) is 5.23. The van der Waals surface area contributed by atoms with Crippen molar-refractivity contribution in [3.63, 3.8) is 0 Å². The van der Waals surface area contributed by atoms with E-state index < -0.39 is 0 Å². The van der Waals surface area contributed by atoms with Gasteiger partial charge in [0.2, 0.25) is 0 Å². The number of pyridine rings is 1. The number of para-hydroxylation sites is 1. The van der Waals surface area contributed by atoms with E-state index in [2.05, 4.69) is 41.7 Å². The van der Waals surface area contributed by atoms with Crippen LogP contribution in [0.2, 0.25) is 0 Å². The number of ether oxygens (including phenoxy) is 1. The zero-order chi connectivity index (χ0) is 17.9. The van der Waals surface area contributed by atoms with Gasteiger partial charge in [0, 0.05) is 28.7 Å². The lowest BCUT2D eigenvalue weighted by Gasteiger charge is -2.28. The highest BCUT2D eigenvalue weighted by molar-refractivity contribution is 5.93. The predicted molar refractivity (Wildman–Crippen MR) is 108 cm³/mol. The van der Waals surface area contributed by atoms with Crippen molar-refractivity contribution >= 4 is 16.6 Å². The lowest BCUT2D eigenvalue weighted by atomic mass is 9.91. The number of hydrogen-bond donors (Lipinski definition) is 2. The Morgan fingerprint density at radius 3 is 2.46 bits per heavy atom. The standard InChI is InChI=1S/C22H25N3O/c1-26-18-12-6-15(7-13-18)21-14-22(19-4-2-3-5-20(19)25-21)24-17-10-8-16(23)9-11-17/h2-7,12-14,16-17H,8-11,23H2,1H3,(H,24,25). The van der Waals surface area contributed by atoms with E-state index in [0.717, 1.165) is 53.9 Å². The van der Waals surface area contributed by atoms with Gasteiger partial charge >= 0.3 is 0 Å². The van der Waals surface area contributed by atoms with Gasteiger partial charge in [0.1, 0.15) is 5.75 Å². The number of methoxy groups -OCH3 is 1. The third kappa shape index (κ3) is 3.51. The number of fused-ring (bicyclic) bond motifs is 1. The first-order valence-corrected chi connectivity index (χ1v) is 9.29. The molecule has 1 heterocycles. The molecule has 0 atom stereocenters. The van der Waals surface area contributed by atoms with Crippen LogP contribution in [0.15, 0.2) is 54.6 Å². The number of benzene rings is 2. The van der Waals surface area contributed by atoms with Crippen molar-refractivity contribution < 1.29 is 4.74 Å². The van der Waals surface area contributed by atoms with Crippen LogP contribution in [0, 0.1) is 0 Å². The molecule has 0 bridgehead atoms. The number of nitrogens with one attached hydrogen (secondary N) is 1. The minimum Gasteiger partial charge on any atom is -0.497 e. The predicted octanol–water partition coefficient (Wildman–Crippen LogP) is 4.59. The summed E-state index contributed by atoms with van der Waals surface area (Å²) in [5.41, 5.74) is 10.3. The summed E-state index contributed by atoms with van der Waals surface area (Å²) in [4.78, 5) is 4.87. The quantitative estimate of drug-likeness (QED) is 0.724. The Bertz CT molecular complexity index is 884. The van der Waals surface area contributed by atoms with Crippen LogP contribution in [-0.2, 0) is 0 Å². The van der Waals surface area contributed by atoms with Gasteiger partial charge in [-0.15, -0.1) is 0 Å². The fraction of sp³-hybridized carbons (Fsp3) is 0.318. The minimum absolute atomic E-state index is 0.358. The molecule has 2 aromatic carbocycles. The van der Waals surface area contributed by atoms with E-state index in [0.29, 0.717) is 12.1 Å². The average Bonchev–Trinajstić information content (AvgIpc) is 2.69. The molecule has 4 rings (SSSR count). The van der Waals surface area contributed by atoms with Crippen molar-refractivity contribution in [3.8, 4) is 17.0 Å². The molecule has 0 aliphatic heterocycles. The zero-order valence-corrected chi connectivity index (χ0v) is 15.1. The second-order valence-corrected chi connectivity index (χ2v) is 7.06. The number of hydrogen-bond acceptors (Lipinski definition) is 4. The second-order valence-electron chi connectivity index (χ2n) is 7.06. The van der Waals surface area contributed by atoms with Crippen molar-refractivity contribution in [3.05, 3.63) is 54.6 Å². The Kier molecular flexibility index (Phi) is 4.76. The Hall–Kier alpha value is -2.59. The van der Waals surface area contributed by atoms with E-state index >= 15 is 0 Å². The van der Waals surface area contributed by atoms with Gasteiger partial charge in [-0.05, 0) is 62.1 Å². The molecule has 3 aromatic rings. The van der Waals surface area contributed by atoms with Crippen molar-refractivity contribution in [2.45, 2.75) is 37.8 Å². The first kappa shape index (κ1) is 16.9. The number of rotatable bonds is 4. The van der Waals surface area contributed by atoms with Crippen LogP contribution in [0.4, 0.5) is 5.69 Å². The Labute approximate surface area is 154 Å². The van der Waals surface area contributed by atoms with Crippen LogP contribution in [-0.4, -0.2) is 24.2 Å². The first-order chi connectivity index (χ1) is 12.7. The second kappa shape index (κ2) is 7.34. The van der Waals surface area contributed by atoms with Gasteiger partial charge in [-0.2, -0.15) is 0 Å². The normalized spacial score (nSPS) is 20.1. The summed E-state index contributed by atoms with van der Waals surface area (Å²) in [6, 6.07) is 19.4. The smallest absolute Gasteiger partial charge is 0.118 e. The molecule has 0 amide bonds. The van der Waals surface area contributed by atoms with Gasteiger partial charge in [0.15, 0.2) is 0 Å². The van der Waals surface area contributed by atoms with Gasteiger partial charge in [-0.25, -0.2) is 4.98 Å². The molecule has 26 heavy (non-hydrogen) atoms. The number of anilines is 1. The van der Waals surface area contributed by atoms with Crippen LogP contribution in [0.5, 0.6) is 5.75 Å². The van der Waals surface area contributed by atoms with Gasteiger partial charge in [-0.1, -0.05) is 18.2 Å². The van der Waals surface area contributed by atoms with E-state index in [1.165, 1.54) is 5.39 Å². The Balaban J connectivity index is 1.70. The molecule has 134 valence electrons. The molecular weight excluding hydrogens is 322 g/mol. The number of nitrogens with two attached hydrogens (primary N) is 1. The van der Waals surface area contributed by atoms with Crippen molar-refractivity contribution in [2.24, 2.45) is 5.73 Å². The van der Waals surface area contributed by atoms with Crippen molar-refractivity contribution in [2.75, 3.05) is 12.4 Å². The van der Waals surface area contributed by atoms with E-state index in [-0.39, 0.29) is 0 Å². The molecule has 4 nitrogen and oxygen atoms in total. The van der Waals surface area contributed by atoms with Crippen LogP contribution in [0.3, 0.4) is 0 Å². The van der Waals surface area contributed by atoms with E-state index in [9.17, 15) is 0 Å². The van der Waals surface area contributed by atoms with Crippen LogP contribution in [0.1, 0.15) is 25.7 Å². The van der Waals surface area contributed by atoms with Crippen LogP contribution < -0.4 is 15.8 Å². The first-order valence-electron chi connectivity index (χ1n) is 9.29. The maximum atomic E-state index is 6.06. The van der Waals surface area contributed by atoms with Crippen LogP contribution in [0.25, 0.3) is 22.2 Å². The fourth-order valence-electron chi connectivity index (χ4n) is 3.69. The van der Waals surface area contributed by atoms with E-state index in [1.807, 2.05) is 18.2 Å². The molecular formula is C22H25N3O. The lowest BCUT2D eigenvalue weighted by molar-refractivity contribution is 0.411. The molecule has 0 saturated heterocycles. The molecule has 1 saturated carbocycles. The lowest BCUT2D eigenvalue weighted by Crippen LogP contribution is -2.32. The summed E-state index contributed by atoms with van der Waals surface area (Å²) in [7, 11) is 1.68. The topological polar surface area (TPSA) is 60.2 Å². The maximum Gasteiger partial charge on any atom is 0.118 e. The van der Waals surface area contributed by atoms with Gasteiger partial charge in [0.05, 0.1) is 18.3 Å². The summed E-state index contributed by atoms with van der Waals surface area (Å²) >= 11 is 0. The highest BCUT2D eigenvalue weighted by Crippen LogP contribution is 2.31. The maximum absolute atomic E-state index is 6.06. The SMILES string of the molecule is COc1ccc(-c2cc(NC3CCC(N)CC3)c3ccccc3n2)cc1. The van der Waals surface area contributed by atoms with Crippen LogP contribution >= 0.6 is 0 Å². The van der Waals surface area contributed by atoms with Crippen molar-refractivity contribution in [1.82, 2.24) is 4.98 Å². The van der Waals surface area contributed by atoms with Crippen molar-refractivity contribution in [1.29, 1.82) is 0 Å². The Morgan fingerprint density at radius 1 is 1.00 bits per heavy atom. The van der Waals surface area contributed by atoms with E-state index in [1.54, 1.807) is 7.11 Å². The minimum atomic E-state index is 0.358. The van der Waals surface area contributed by atoms with Gasteiger partial charge < -0.3 is 15.8 Å². The molecule has 4 heteroatoms. The zero-order valence-electron chi connectivity index (χ0n) is 15.1. The number of aromatic nitrogens is 1. The molecule has 0 spiro atoms. The number of nitrogens with zero attached hydrogens (tertiary/aromatic N) is 1. The summed E-state index contributed by atoms with van der Waals surface area (Å²) in [5, 5.41) is 4.92. The molecule has 1 aliphatic rings. The highest BCUT2D eigenvalue weighted by atomic mass is 16.5. The molecule has 1 aliphatic carbocycles. The summed E-state index contributed by atoms with van der Waals surface area (Å²) in [6.45, 7) is 0. The summed E-state index contributed by atoms with van der Waals surface area (Å²) in [6.07, 6.45) is 4.42. The molecule has 1 aromatic heterocycles. The summed E-state index contributed by atoms with van der Waals surface area (Å²) in [5.74, 6) is 0.853. The Morgan fingerprint density at radius 2 is 1.73 bits per heavy atom. The highest BCUT2D eigenvalue weighted by Gasteiger charge is 2.19.